The minimum atomic E-state index is -0.709. The molecule has 0 aliphatic carbocycles. The van der Waals surface area contributed by atoms with E-state index in [1.54, 1.807) is 37.5 Å². The van der Waals surface area contributed by atoms with Crippen molar-refractivity contribution in [2.45, 2.75) is 19.9 Å². The van der Waals surface area contributed by atoms with Crippen LogP contribution in [0.25, 0.3) is 11.0 Å². The summed E-state index contributed by atoms with van der Waals surface area (Å²) in [5.74, 6) is -0.428. The Kier molecular flexibility index (Phi) is 4.01. The van der Waals surface area contributed by atoms with E-state index >= 15 is 0 Å². The van der Waals surface area contributed by atoms with Crippen molar-refractivity contribution in [3.63, 3.8) is 0 Å². The number of pyridine rings is 1. The third-order valence-corrected chi connectivity index (χ3v) is 6.12. The molecule has 1 aromatic carbocycles. The van der Waals surface area contributed by atoms with E-state index in [-0.39, 0.29) is 16.8 Å². The number of hydrogen-bond acceptors (Lipinski definition) is 7. The summed E-state index contributed by atoms with van der Waals surface area (Å²) >= 11 is 7.51. The lowest BCUT2D eigenvalue weighted by Crippen LogP contribution is -2.29. The van der Waals surface area contributed by atoms with Crippen molar-refractivity contribution in [1.29, 1.82) is 0 Å². The van der Waals surface area contributed by atoms with Crippen molar-refractivity contribution in [3.05, 3.63) is 79.4 Å². The van der Waals surface area contributed by atoms with Crippen LogP contribution in [-0.2, 0) is 0 Å². The number of nitrogens with zero attached hydrogens (tertiary/aromatic N) is 4. The quantitative estimate of drug-likeness (QED) is 0.482. The average molecular weight is 425 g/mol. The molecule has 0 saturated heterocycles. The first kappa shape index (κ1) is 18.0. The van der Waals surface area contributed by atoms with Crippen LogP contribution in [0, 0.1) is 13.8 Å². The fraction of sp³-hybridized carbons (Fsp3) is 0.150. The summed E-state index contributed by atoms with van der Waals surface area (Å²) in [7, 11) is 0. The number of rotatable bonds is 2. The second-order valence-electron chi connectivity index (χ2n) is 6.74. The van der Waals surface area contributed by atoms with Gasteiger partial charge in [-0.05, 0) is 43.2 Å². The number of carbonyl (C=O) groups excluding carboxylic acids is 1. The molecule has 0 bridgehead atoms. The van der Waals surface area contributed by atoms with Crippen molar-refractivity contribution in [2.75, 3.05) is 4.90 Å². The summed E-state index contributed by atoms with van der Waals surface area (Å²) in [5, 5.41) is 10.0. The molecule has 4 aromatic rings. The van der Waals surface area contributed by atoms with E-state index in [0.717, 1.165) is 5.56 Å². The van der Waals surface area contributed by atoms with Crippen LogP contribution in [0.2, 0.25) is 5.02 Å². The van der Waals surface area contributed by atoms with Gasteiger partial charge < -0.3 is 4.42 Å². The predicted octanol–water partition coefficient (Wildman–Crippen LogP) is 4.06. The highest BCUT2D eigenvalue weighted by molar-refractivity contribution is 7.15. The highest BCUT2D eigenvalue weighted by Gasteiger charge is 2.45. The van der Waals surface area contributed by atoms with Crippen molar-refractivity contribution in [3.8, 4) is 0 Å². The molecule has 1 atom stereocenters. The van der Waals surface area contributed by atoms with Crippen LogP contribution in [0.15, 0.2) is 45.9 Å². The number of amides is 1. The summed E-state index contributed by atoms with van der Waals surface area (Å²) < 4.78 is 5.93. The lowest BCUT2D eigenvalue weighted by Gasteiger charge is -2.21. The Morgan fingerprint density at radius 3 is 2.72 bits per heavy atom. The maximum atomic E-state index is 13.4. The second-order valence-corrected chi connectivity index (χ2v) is 8.31. The Labute approximate surface area is 173 Å². The molecule has 4 heterocycles. The molecule has 29 heavy (non-hydrogen) atoms. The zero-order valence-corrected chi connectivity index (χ0v) is 16.9. The zero-order chi connectivity index (χ0) is 20.3. The SMILES string of the molecule is Cc1nnc(N2C(=O)c3oc4cc(C)c(Cl)cc4c(=O)c3C2c2cccnc2)s1. The molecule has 0 fully saturated rings. The van der Waals surface area contributed by atoms with Crippen LogP contribution in [0.4, 0.5) is 5.13 Å². The van der Waals surface area contributed by atoms with Gasteiger partial charge in [0.25, 0.3) is 5.91 Å². The van der Waals surface area contributed by atoms with E-state index in [1.807, 2.05) is 13.0 Å². The van der Waals surface area contributed by atoms with Gasteiger partial charge in [0.05, 0.1) is 17.0 Å². The number of fused-ring (bicyclic) bond motifs is 2. The summed E-state index contributed by atoms with van der Waals surface area (Å²) in [6.07, 6.45) is 3.26. The summed E-state index contributed by atoms with van der Waals surface area (Å²) in [5.41, 5.74) is 1.71. The predicted molar refractivity (Wildman–Crippen MR) is 110 cm³/mol. The summed E-state index contributed by atoms with van der Waals surface area (Å²) in [4.78, 5) is 32.4. The molecule has 0 spiro atoms. The number of hydrogen-bond donors (Lipinski definition) is 0. The van der Waals surface area contributed by atoms with Gasteiger partial charge in [-0.2, -0.15) is 0 Å². The molecule has 144 valence electrons. The van der Waals surface area contributed by atoms with Gasteiger partial charge >= 0.3 is 0 Å². The van der Waals surface area contributed by atoms with Gasteiger partial charge in [0.1, 0.15) is 10.6 Å². The fourth-order valence-electron chi connectivity index (χ4n) is 3.53. The Morgan fingerprint density at radius 2 is 2.03 bits per heavy atom. The molecular formula is C20H13ClN4O3S. The Hall–Kier alpha value is -3.10. The average Bonchev–Trinajstić information content (AvgIpc) is 3.26. The van der Waals surface area contributed by atoms with E-state index in [2.05, 4.69) is 15.2 Å². The Bertz CT molecular complexity index is 1350. The molecule has 0 saturated carbocycles. The molecule has 1 aliphatic heterocycles. The molecule has 7 nitrogen and oxygen atoms in total. The maximum absolute atomic E-state index is 13.4. The topological polar surface area (TPSA) is 89.2 Å². The standard InChI is InChI=1S/C20H13ClN4O3S/c1-9-6-14-12(7-13(9)21)17(26)15-16(11-4-3-5-22-8-11)25(19(27)18(15)28-14)20-24-23-10(2)29-20/h3-8,16H,1-2H3. The largest absolute Gasteiger partial charge is 0.450 e. The molecule has 9 heteroatoms. The fourth-order valence-corrected chi connectivity index (χ4v) is 4.41. The van der Waals surface area contributed by atoms with Crippen molar-refractivity contribution in [2.24, 2.45) is 0 Å². The van der Waals surface area contributed by atoms with Gasteiger partial charge in [-0.1, -0.05) is 29.0 Å². The number of anilines is 1. The lowest BCUT2D eigenvalue weighted by molar-refractivity contribution is 0.0970. The third kappa shape index (κ3) is 2.67. The Morgan fingerprint density at radius 1 is 1.21 bits per heavy atom. The summed E-state index contributed by atoms with van der Waals surface area (Å²) in [6.45, 7) is 3.61. The first-order chi connectivity index (χ1) is 14.0. The number of halogens is 1. The van der Waals surface area contributed by atoms with E-state index in [9.17, 15) is 9.59 Å². The van der Waals surface area contributed by atoms with Crippen molar-refractivity contribution in [1.82, 2.24) is 15.2 Å². The monoisotopic (exact) mass is 424 g/mol. The highest BCUT2D eigenvalue weighted by Crippen LogP contribution is 2.42. The lowest BCUT2D eigenvalue weighted by atomic mass is 10.00. The van der Waals surface area contributed by atoms with E-state index in [1.165, 1.54) is 16.2 Å². The van der Waals surface area contributed by atoms with Crippen molar-refractivity contribution < 1.29 is 9.21 Å². The minimum Gasteiger partial charge on any atom is -0.450 e. The van der Waals surface area contributed by atoms with Crippen molar-refractivity contribution >= 4 is 44.9 Å². The normalized spacial score (nSPS) is 15.9. The number of aryl methyl sites for hydroxylation is 2. The second kappa shape index (κ2) is 6.47. The number of aromatic nitrogens is 3. The molecule has 1 aliphatic rings. The smallest absolute Gasteiger partial charge is 0.297 e. The molecule has 0 N–H and O–H groups in total. The number of carbonyl (C=O) groups is 1. The maximum Gasteiger partial charge on any atom is 0.297 e. The Balaban J connectivity index is 1.84. The molecule has 0 radical (unpaired) electrons. The van der Waals surface area contributed by atoms with Crippen LogP contribution >= 0.6 is 22.9 Å². The van der Waals surface area contributed by atoms with Crippen LogP contribution < -0.4 is 10.3 Å². The molecule has 5 rings (SSSR count). The van der Waals surface area contributed by atoms with Crippen LogP contribution in [0.3, 0.4) is 0 Å². The van der Waals surface area contributed by atoms with E-state index < -0.39 is 11.9 Å². The van der Waals surface area contributed by atoms with E-state index in [4.69, 9.17) is 16.0 Å². The highest BCUT2D eigenvalue weighted by atomic mass is 35.5. The zero-order valence-electron chi connectivity index (χ0n) is 15.3. The third-order valence-electron chi connectivity index (χ3n) is 4.87. The molecule has 3 aromatic heterocycles. The van der Waals surface area contributed by atoms with Crippen LogP contribution in [0.5, 0.6) is 0 Å². The van der Waals surface area contributed by atoms with Gasteiger partial charge in [0.15, 0.2) is 5.43 Å². The first-order valence-electron chi connectivity index (χ1n) is 8.76. The van der Waals surface area contributed by atoms with Gasteiger partial charge in [0, 0.05) is 17.4 Å². The van der Waals surface area contributed by atoms with Crippen LogP contribution in [0.1, 0.15) is 38.3 Å². The van der Waals surface area contributed by atoms with Gasteiger partial charge in [-0.3, -0.25) is 19.5 Å². The van der Waals surface area contributed by atoms with Gasteiger partial charge in [-0.15, -0.1) is 10.2 Å². The van der Waals surface area contributed by atoms with Gasteiger partial charge in [0.2, 0.25) is 10.9 Å². The molecule has 1 amide bonds. The first-order valence-corrected chi connectivity index (χ1v) is 9.95. The minimum absolute atomic E-state index is 0.00549. The molecule has 1 unspecified atom stereocenters. The number of benzene rings is 1. The summed E-state index contributed by atoms with van der Waals surface area (Å²) in [6, 6.07) is 6.11. The molecular weight excluding hydrogens is 412 g/mol. The van der Waals surface area contributed by atoms with E-state index in [0.29, 0.717) is 31.7 Å². The van der Waals surface area contributed by atoms with Gasteiger partial charge in [-0.25, -0.2) is 0 Å². The van der Waals surface area contributed by atoms with Crippen LogP contribution in [-0.4, -0.2) is 21.1 Å².